The molecule has 0 aromatic heterocycles. The predicted molar refractivity (Wildman–Crippen MR) is 89.3 cm³/mol. The molecule has 1 aliphatic rings. The van der Waals surface area contributed by atoms with Crippen LogP contribution in [0, 0.1) is 0 Å². The quantitative estimate of drug-likeness (QED) is 0.481. The first-order valence-corrected chi connectivity index (χ1v) is 7.24. The van der Waals surface area contributed by atoms with Gasteiger partial charge in [-0.3, -0.25) is 4.79 Å². The number of benzene rings is 2. The molecule has 0 unspecified atom stereocenters. The molecule has 0 saturated carbocycles. The van der Waals surface area contributed by atoms with Gasteiger partial charge in [0.25, 0.3) is 0 Å². The SMILES string of the molecule is CC1=C(C)C(=NOC(=O)c2ccc3ccccc3c2)C=CC1=O. The van der Waals surface area contributed by atoms with Crippen LogP contribution >= 0.6 is 0 Å². The first-order chi connectivity index (χ1) is 11.1. The minimum absolute atomic E-state index is 0.0534. The van der Waals surface area contributed by atoms with Crippen molar-refractivity contribution in [2.45, 2.75) is 13.8 Å². The van der Waals surface area contributed by atoms with Crippen LogP contribution in [-0.4, -0.2) is 17.5 Å². The van der Waals surface area contributed by atoms with Gasteiger partial charge in [0, 0.05) is 5.57 Å². The number of allylic oxidation sites excluding steroid dienone is 4. The van der Waals surface area contributed by atoms with Gasteiger partial charge in [-0.25, -0.2) is 4.79 Å². The average Bonchev–Trinajstić information content (AvgIpc) is 2.58. The highest BCUT2D eigenvalue weighted by Gasteiger charge is 2.15. The fourth-order valence-corrected chi connectivity index (χ4v) is 2.34. The van der Waals surface area contributed by atoms with Gasteiger partial charge in [0.15, 0.2) is 5.78 Å². The number of rotatable bonds is 2. The Hall–Kier alpha value is -3.01. The molecule has 0 aliphatic heterocycles. The minimum Gasteiger partial charge on any atom is -0.312 e. The molecule has 0 atom stereocenters. The number of fused-ring (bicyclic) bond motifs is 1. The van der Waals surface area contributed by atoms with Crippen molar-refractivity contribution in [2.24, 2.45) is 5.16 Å². The largest absolute Gasteiger partial charge is 0.365 e. The summed E-state index contributed by atoms with van der Waals surface area (Å²) in [5.41, 5.74) is 2.23. The molecule has 0 fully saturated rings. The summed E-state index contributed by atoms with van der Waals surface area (Å²) in [7, 11) is 0. The van der Waals surface area contributed by atoms with E-state index in [4.69, 9.17) is 4.84 Å². The second kappa shape index (κ2) is 6.01. The van der Waals surface area contributed by atoms with Gasteiger partial charge in [-0.1, -0.05) is 35.5 Å². The fraction of sp³-hybridized carbons (Fsp3) is 0.105. The third-order valence-corrected chi connectivity index (χ3v) is 3.92. The van der Waals surface area contributed by atoms with Gasteiger partial charge in [-0.2, -0.15) is 0 Å². The highest BCUT2D eigenvalue weighted by molar-refractivity contribution is 6.21. The summed E-state index contributed by atoms with van der Waals surface area (Å²) < 4.78 is 0. The fourth-order valence-electron chi connectivity index (χ4n) is 2.34. The second-order valence-corrected chi connectivity index (χ2v) is 5.36. The summed E-state index contributed by atoms with van der Waals surface area (Å²) in [6.07, 6.45) is 2.98. The molecular formula is C19H15NO3. The van der Waals surface area contributed by atoms with Gasteiger partial charge in [0.1, 0.15) is 5.71 Å². The van der Waals surface area contributed by atoms with E-state index in [1.807, 2.05) is 30.3 Å². The van der Waals surface area contributed by atoms with Crippen LogP contribution in [0.4, 0.5) is 0 Å². The minimum atomic E-state index is -0.529. The number of hydrogen-bond donors (Lipinski definition) is 0. The van der Waals surface area contributed by atoms with Crippen molar-refractivity contribution < 1.29 is 14.4 Å². The molecule has 1 aliphatic carbocycles. The Bertz CT molecular complexity index is 904. The van der Waals surface area contributed by atoms with E-state index in [2.05, 4.69) is 5.16 Å². The number of ketones is 1. The first kappa shape index (κ1) is 14.9. The van der Waals surface area contributed by atoms with Crippen LogP contribution in [0.25, 0.3) is 10.8 Å². The van der Waals surface area contributed by atoms with Crippen LogP contribution in [0.3, 0.4) is 0 Å². The summed E-state index contributed by atoms with van der Waals surface area (Å²) in [6, 6.07) is 13.1. The maximum Gasteiger partial charge on any atom is 0.365 e. The lowest BCUT2D eigenvalue weighted by atomic mass is 9.97. The van der Waals surface area contributed by atoms with E-state index in [1.165, 1.54) is 6.08 Å². The van der Waals surface area contributed by atoms with Crippen molar-refractivity contribution >= 4 is 28.2 Å². The normalized spacial score (nSPS) is 16.3. The predicted octanol–water partition coefficient (Wildman–Crippen LogP) is 3.83. The van der Waals surface area contributed by atoms with E-state index in [1.54, 1.807) is 32.1 Å². The molecule has 2 aromatic carbocycles. The summed E-state index contributed by atoms with van der Waals surface area (Å²) in [5.74, 6) is -0.582. The molecule has 0 saturated heterocycles. The average molecular weight is 305 g/mol. The zero-order valence-corrected chi connectivity index (χ0v) is 12.9. The molecule has 23 heavy (non-hydrogen) atoms. The maximum absolute atomic E-state index is 12.1. The molecule has 0 amide bonds. The number of nitrogens with zero attached hydrogens (tertiary/aromatic N) is 1. The molecule has 0 N–H and O–H groups in total. The Balaban J connectivity index is 1.82. The van der Waals surface area contributed by atoms with Gasteiger partial charge in [-0.15, -0.1) is 0 Å². The van der Waals surface area contributed by atoms with E-state index in [0.29, 0.717) is 22.4 Å². The smallest absolute Gasteiger partial charge is 0.312 e. The zero-order valence-electron chi connectivity index (χ0n) is 12.9. The van der Waals surface area contributed by atoms with Gasteiger partial charge in [0.05, 0.1) is 5.56 Å². The van der Waals surface area contributed by atoms with Crippen LogP contribution < -0.4 is 0 Å². The van der Waals surface area contributed by atoms with E-state index in [0.717, 1.165) is 10.8 Å². The van der Waals surface area contributed by atoms with Crippen molar-refractivity contribution in [3.63, 3.8) is 0 Å². The molecule has 4 heteroatoms. The molecule has 0 bridgehead atoms. The molecular weight excluding hydrogens is 290 g/mol. The molecule has 2 aromatic rings. The Kier molecular flexibility index (Phi) is 3.89. The van der Waals surface area contributed by atoms with Crippen molar-refractivity contribution in [1.82, 2.24) is 0 Å². The monoisotopic (exact) mass is 305 g/mol. The zero-order chi connectivity index (χ0) is 16.4. The third kappa shape index (κ3) is 2.97. The van der Waals surface area contributed by atoms with Crippen molar-refractivity contribution in [3.8, 4) is 0 Å². The van der Waals surface area contributed by atoms with Gasteiger partial charge < -0.3 is 4.84 Å². The Labute approximate surface area is 133 Å². The highest BCUT2D eigenvalue weighted by Crippen LogP contribution is 2.17. The Morgan fingerprint density at radius 3 is 2.48 bits per heavy atom. The van der Waals surface area contributed by atoms with Crippen molar-refractivity contribution in [3.05, 3.63) is 71.3 Å². The molecule has 0 heterocycles. The standard InChI is InChI=1S/C19H15NO3/c1-12-13(2)18(21)10-9-17(12)20-23-19(22)16-8-7-14-5-3-4-6-15(14)11-16/h3-11H,1-2H3. The van der Waals surface area contributed by atoms with Crippen LogP contribution in [0.2, 0.25) is 0 Å². The number of carbonyl (C=O) groups is 2. The summed E-state index contributed by atoms with van der Waals surface area (Å²) in [6.45, 7) is 3.50. The first-order valence-electron chi connectivity index (χ1n) is 7.24. The van der Waals surface area contributed by atoms with E-state index in [-0.39, 0.29) is 5.78 Å². The molecule has 114 valence electrons. The second-order valence-electron chi connectivity index (χ2n) is 5.36. The van der Waals surface area contributed by atoms with Crippen LogP contribution in [-0.2, 0) is 9.63 Å². The van der Waals surface area contributed by atoms with E-state index in [9.17, 15) is 9.59 Å². The van der Waals surface area contributed by atoms with Gasteiger partial charge in [-0.05, 0) is 54.5 Å². The summed E-state index contributed by atoms with van der Waals surface area (Å²) in [5, 5.41) is 5.89. The lowest BCUT2D eigenvalue weighted by molar-refractivity contribution is -0.111. The van der Waals surface area contributed by atoms with Crippen LogP contribution in [0.15, 0.2) is 70.9 Å². The number of oxime groups is 1. The molecule has 3 rings (SSSR count). The summed E-state index contributed by atoms with van der Waals surface area (Å²) >= 11 is 0. The van der Waals surface area contributed by atoms with E-state index < -0.39 is 5.97 Å². The molecule has 4 nitrogen and oxygen atoms in total. The van der Waals surface area contributed by atoms with Crippen LogP contribution in [0.1, 0.15) is 24.2 Å². The van der Waals surface area contributed by atoms with Gasteiger partial charge in [0.2, 0.25) is 0 Å². The molecule has 0 spiro atoms. The Morgan fingerprint density at radius 2 is 1.70 bits per heavy atom. The van der Waals surface area contributed by atoms with E-state index >= 15 is 0 Å². The number of carbonyl (C=O) groups excluding carboxylic acids is 2. The third-order valence-electron chi connectivity index (χ3n) is 3.92. The molecule has 0 radical (unpaired) electrons. The van der Waals surface area contributed by atoms with Crippen molar-refractivity contribution in [1.29, 1.82) is 0 Å². The highest BCUT2D eigenvalue weighted by atomic mass is 16.7. The Morgan fingerprint density at radius 1 is 0.957 bits per heavy atom. The number of hydrogen-bond acceptors (Lipinski definition) is 4. The lowest BCUT2D eigenvalue weighted by Gasteiger charge is -2.09. The lowest BCUT2D eigenvalue weighted by Crippen LogP contribution is -2.12. The van der Waals surface area contributed by atoms with Crippen molar-refractivity contribution in [2.75, 3.05) is 0 Å². The van der Waals surface area contributed by atoms with Gasteiger partial charge >= 0.3 is 5.97 Å². The maximum atomic E-state index is 12.1. The topological polar surface area (TPSA) is 55.7 Å². The summed E-state index contributed by atoms with van der Waals surface area (Å²) in [4.78, 5) is 28.7. The van der Waals surface area contributed by atoms with Crippen LogP contribution in [0.5, 0.6) is 0 Å².